The second-order valence-corrected chi connectivity index (χ2v) is 3.20. The molecule has 0 N–H and O–H groups in total. The Hall–Kier alpha value is -2.11. The van der Waals surface area contributed by atoms with Gasteiger partial charge in [0.15, 0.2) is 5.76 Å². The summed E-state index contributed by atoms with van der Waals surface area (Å²) in [5, 5.41) is 3.72. The van der Waals surface area contributed by atoms with Crippen molar-refractivity contribution >= 4 is 5.97 Å². The van der Waals surface area contributed by atoms with Gasteiger partial charge in [0, 0.05) is 0 Å². The van der Waals surface area contributed by atoms with Crippen molar-refractivity contribution in [3.05, 3.63) is 23.8 Å². The van der Waals surface area contributed by atoms with Gasteiger partial charge in [-0.3, -0.25) is 4.79 Å². The van der Waals surface area contributed by atoms with Crippen molar-refractivity contribution in [1.29, 1.82) is 0 Å². The van der Waals surface area contributed by atoms with Gasteiger partial charge in [0.05, 0.1) is 13.4 Å². The Morgan fingerprint density at radius 1 is 1.56 bits per heavy atom. The Balaban J connectivity index is 2.20. The molecule has 0 bridgehead atoms. The average Bonchev–Trinajstić information content (AvgIpc) is 2.86. The summed E-state index contributed by atoms with van der Waals surface area (Å²) in [7, 11) is 1.30. The van der Waals surface area contributed by atoms with Gasteiger partial charge in [-0.05, 0) is 18.6 Å². The van der Waals surface area contributed by atoms with Crippen LogP contribution in [-0.4, -0.2) is 23.2 Å². The maximum absolute atomic E-state index is 11.0. The molecular formula is C10H10N2O4. The van der Waals surface area contributed by atoms with Gasteiger partial charge in [-0.15, -0.1) is 0 Å². The van der Waals surface area contributed by atoms with Crippen molar-refractivity contribution in [3.8, 4) is 11.6 Å². The standard InChI is InChI=1S/C10H10N2O4/c1-6-3-4-15-9(6)10-11-7(16-12-10)5-8(13)14-2/h3-4H,5H2,1-2H3. The third-order valence-electron chi connectivity index (χ3n) is 2.06. The number of ether oxygens (including phenoxy) is 1. The molecule has 0 aliphatic rings. The maximum atomic E-state index is 11.0. The molecular weight excluding hydrogens is 212 g/mol. The van der Waals surface area contributed by atoms with Gasteiger partial charge in [-0.1, -0.05) is 5.16 Å². The first-order chi connectivity index (χ1) is 7.70. The number of hydrogen-bond acceptors (Lipinski definition) is 6. The number of hydrogen-bond donors (Lipinski definition) is 0. The molecule has 0 fully saturated rings. The molecule has 6 nitrogen and oxygen atoms in total. The fourth-order valence-electron chi connectivity index (χ4n) is 1.22. The number of aryl methyl sites for hydroxylation is 1. The molecule has 0 aromatic carbocycles. The van der Waals surface area contributed by atoms with E-state index in [0.717, 1.165) is 5.56 Å². The van der Waals surface area contributed by atoms with E-state index in [-0.39, 0.29) is 12.3 Å². The lowest BCUT2D eigenvalue weighted by Crippen LogP contribution is -2.04. The molecule has 16 heavy (non-hydrogen) atoms. The molecule has 2 aromatic rings. The first-order valence-electron chi connectivity index (χ1n) is 4.64. The second kappa shape index (κ2) is 4.18. The van der Waals surface area contributed by atoms with Gasteiger partial charge in [0.2, 0.25) is 11.7 Å². The van der Waals surface area contributed by atoms with E-state index in [9.17, 15) is 4.79 Å². The molecule has 0 spiro atoms. The predicted octanol–water partition coefficient (Wildman–Crippen LogP) is 1.35. The summed E-state index contributed by atoms with van der Waals surface area (Å²) in [6, 6.07) is 1.80. The molecule has 0 amide bonds. The van der Waals surface area contributed by atoms with E-state index in [0.29, 0.717) is 11.6 Å². The largest absolute Gasteiger partial charge is 0.469 e. The van der Waals surface area contributed by atoms with Crippen LogP contribution in [0.25, 0.3) is 11.6 Å². The monoisotopic (exact) mass is 222 g/mol. The van der Waals surface area contributed by atoms with Crippen LogP contribution in [0, 0.1) is 6.92 Å². The number of carbonyl (C=O) groups is 1. The molecule has 0 unspecified atom stereocenters. The number of nitrogens with zero attached hydrogens (tertiary/aromatic N) is 2. The van der Waals surface area contributed by atoms with Crippen molar-refractivity contribution in [1.82, 2.24) is 10.1 Å². The number of methoxy groups -OCH3 is 1. The Kier molecular flexibility index (Phi) is 2.72. The van der Waals surface area contributed by atoms with Crippen molar-refractivity contribution in [3.63, 3.8) is 0 Å². The topological polar surface area (TPSA) is 78.4 Å². The third-order valence-corrected chi connectivity index (χ3v) is 2.06. The Bertz CT molecular complexity index is 500. The van der Waals surface area contributed by atoms with Gasteiger partial charge in [0.1, 0.15) is 6.42 Å². The van der Waals surface area contributed by atoms with Crippen molar-refractivity contribution in [2.75, 3.05) is 7.11 Å². The van der Waals surface area contributed by atoms with E-state index in [1.54, 1.807) is 12.3 Å². The summed E-state index contributed by atoms with van der Waals surface area (Å²) in [5.74, 6) is 0.658. The van der Waals surface area contributed by atoms with Gasteiger partial charge < -0.3 is 13.7 Å². The molecule has 2 aromatic heterocycles. The molecule has 84 valence electrons. The van der Waals surface area contributed by atoms with Crippen LogP contribution in [0.3, 0.4) is 0 Å². The summed E-state index contributed by atoms with van der Waals surface area (Å²) in [5.41, 5.74) is 0.908. The van der Waals surface area contributed by atoms with Crippen LogP contribution in [0.4, 0.5) is 0 Å². The zero-order chi connectivity index (χ0) is 11.5. The van der Waals surface area contributed by atoms with Gasteiger partial charge in [0.25, 0.3) is 0 Å². The van der Waals surface area contributed by atoms with Crippen molar-refractivity contribution in [2.24, 2.45) is 0 Å². The number of carbonyl (C=O) groups excluding carboxylic acids is 1. The van der Waals surface area contributed by atoms with Crippen LogP contribution in [0.2, 0.25) is 0 Å². The van der Waals surface area contributed by atoms with Crippen LogP contribution in [0.15, 0.2) is 21.3 Å². The SMILES string of the molecule is COC(=O)Cc1nc(-c2occc2C)no1. The van der Waals surface area contributed by atoms with Crippen molar-refractivity contribution in [2.45, 2.75) is 13.3 Å². The quantitative estimate of drug-likeness (QED) is 0.729. The molecule has 0 atom stereocenters. The number of esters is 1. The van der Waals surface area contributed by atoms with Gasteiger partial charge in [-0.2, -0.15) is 4.98 Å². The number of furan rings is 1. The molecule has 0 aliphatic heterocycles. The van der Waals surface area contributed by atoms with E-state index in [4.69, 9.17) is 8.94 Å². The maximum Gasteiger partial charge on any atom is 0.315 e. The van der Waals surface area contributed by atoms with E-state index >= 15 is 0 Å². The first-order valence-corrected chi connectivity index (χ1v) is 4.64. The normalized spacial score (nSPS) is 10.4. The molecule has 0 saturated carbocycles. The van der Waals surface area contributed by atoms with E-state index in [1.807, 2.05) is 6.92 Å². The molecule has 2 heterocycles. The minimum absolute atomic E-state index is 0.0384. The van der Waals surface area contributed by atoms with Crippen LogP contribution in [-0.2, 0) is 16.0 Å². The highest BCUT2D eigenvalue weighted by Gasteiger charge is 2.15. The highest BCUT2D eigenvalue weighted by molar-refractivity contribution is 5.71. The first kappa shape index (κ1) is 10.4. The van der Waals surface area contributed by atoms with Gasteiger partial charge >= 0.3 is 5.97 Å². The molecule has 0 aliphatic carbocycles. The number of rotatable bonds is 3. The predicted molar refractivity (Wildman–Crippen MR) is 52.5 cm³/mol. The van der Waals surface area contributed by atoms with Crippen LogP contribution < -0.4 is 0 Å². The number of aromatic nitrogens is 2. The Morgan fingerprint density at radius 2 is 2.38 bits per heavy atom. The Morgan fingerprint density at radius 3 is 3.00 bits per heavy atom. The lowest BCUT2D eigenvalue weighted by atomic mass is 10.3. The van der Waals surface area contributed by atoms with Crippen LogP contribution in [0.1, 0.15) is 11.5 Å². The third kappa shape index (κ3) is 1.95. The smallest absolute Gasteiger partial charge is 0.315 e. The van der Waals surface area contributed by atoms with Crippen LogP contribution in [0.5, 0.6) is 0 Å². The summed E-state index contributed by atoms with van der Waals surface area (Å²) in [6.07, 6.45) is 1.50. The minimum atomic E-state index is -0.425. The van der Waals surface area contributed by atoms with E-state index in [1.165, 1.54) is 7.11 Å². The fraction of sp³-hybridized carbons (Fsp3) is 0.300. The fourth-order valence-corrected chi connectivity index (χ4v) is 1.22. The summed E-state index contributed by atoms with van der Waals surface area (Å²) in [4.78, 5) is 15.0. The van der Waals surface area contributed by atoms with Crippen molar-refractivity contribution < 1.29 is 18.5 Å². The van der Waals surface area contributed by atoms with E-state index in [2.05, 4.69) is 14.9 Å². The molecule has 0 radical (unpaired) electrons. The summed E-state index contributed by atoms with van der Waals surface area (Å²) < 4.78 is 14.6. The highest BCUT2D eigenvalue weighted by Crippen LogP contribution is 2.21. The average molecular weight is 222 g/mol. The Labute approximate surface area is 91.2 Å². The minimum Gasteiger partial charge on any atom is -0.469 e. The molecule has 2 rings (SSSR count). The zero-order valence-corrected chi connectivity index (χ0v) is 8.89. The van der Waals surface area contributed by atoms with Crippen LogP contribution >= 0.6 is 0 Å². The summed E-state index contributed by atoms with van der Waals surface area (Å²) >= 11 is 0. The summed E-state index contributed by atoms with van der Waals surface area (Å²) in [6.45, 7) is 1.87. The lowest BCUT2D eigenvalue weighted by Gasteiger charge is -1.91. The molecule has 6 heteroatoms. The lowest BCUT2D eigenvalue weighted by molar-refractivity contribution is -0.140. The second-order valence-electron chi connectivity index (χ2n) is 3.20. The zero-order valence-electron chi connectivity index (χ0n) is 8.89. The molecule has 0 saturated heterocycles. The van der Waals surface area contributed by atoms with E-state index < -0.39 is 5.97 Å². The highest BCUT2D eigenvalue weighted by atomic mass is 16.5. The van der Waals surface area contributed by atoms with Gasteiger partial charge in [-0.25, -0.2) is 0 Å².